The summed E-state index contributed by atoms with van der Waals surface area (Å²) in [4.78, 5) is 37.8. The van der Waals surface area contributed by atoms with Crippen LogP contribution < -0.4 is 10.1 Å². The molecular formula is C21H27FN2O6. The van der Waals surface area contributed by atoms with Crippen LogP contribution in [0.4, 0.5) is 14.9 Å². The van der Waals surface area contributed by atoms with Gasteiger partial charge in [0.2, 0.25) is 0 Å². The first-order chi connectivity index (χ1) is 14.4. The highest BCUT2D eigenvalue weighted by molar-refractivity contribution is 6.03. The van der Waals surface area contributed by atoms with Gasteiger partial charge < -0.3 is 19.1 Å². The maximum atomic E-state index is 14.6. The van der Waals surface area contributed by atoms with Gasteiger partial charge in [0.05, 0.1) is 25.0 Å². The molecule has 2 rings (SSSR count). The molecule has 8 nitrogen and oxygen atoms in total. The lowest BCUT2D eigenvalue weighted by atomic mass is 10.1. The van der Waals surface area contributed by atoms with E-state index in [2.05, 4.69) is 16.6 Å². The van der Waals surface area contributed by atoms with Crippen molar-refractivity contribution in [1.29, 1.82) is 0 Å². The molecule has 1 aromatic rings. The molecule has 30 heavy (non-hydrogen) atoms. The van der Waals surface area contributed by atoms with E-state index in [0.717, 1.165) is 18.9 Å². The van der Waals surface area contributed by atoms with Gasteiger partial charge in [0, 0.05) is 25.1 Å². The largest absolute Gasteiger partial charge is 0.490 e. The zero-order chi connectivity index (χ0) is 22.1. The number of nitrogens with one attached hydrogen (secondary N) is 1. The number of carbonyl (C=O) groups is 3. The average Bonchev–Trinajstić information content (AvgIpc) is 3.16. The first-order valence-electron chi connectivity index (χ1n) is 9.76. The van der Waals surface area contributed by atoms with Gasteiger partial charge in [0.25, 0.3) is 5.91 Å². The monoisotopic (exact) mass is 422 g/mol. The fourth-order valence-corrected chi connectivity index (χ4v) is 3.12. The van der Waals surface area contributed by atoms with Gasteiger partial charge in [-0.15, -0.1) is 0 Å². The summed E-state index contributed by atoms with van der Waals surface area (Å²) in [6, 6.07) is 2.32. The van der Waals surface area contributed by atoms with E-state index in [4.69, 9.17) is 9.47 Å². The van der Waals surface area contributed by atoms with Gasteiger partial charge in [-0.05, 0) is 32.3 Å². The summed E-state index contributed by atoms with van der Waals surface area (Å²) in [5.41, 5.74) is 0.0937. The number of amides is 2. The summed E-state index contributed by atoms with van der Waals surface area (Å²) in [6.07, 6.45) is 2.77. The van der Waals surface area contributed by atoms with Crippen molar-refractivity contribution in [2.24, 2.45) is 0 Å². The van der Waals surface area contributed by atoms with Crippen LogP contribution in [0.5, 0.6) is 5.75 Å². The van der Waals surface area contributed by atoms with Gasteiger partial charge >= 0.3 is 12.1 Å². The Balaban J connectivity index is 2.22. The average molecular weight is 422 g/mol. The normalized spacial score (nSPS) is 15.4. The molecule has 0 radical (unpaired) electrons. The second-order valence-corrected chi connectivity index (χ2v) is 6.86. The molecule has 1 N–H and O–H groups in total. The molecule has 1 fully saturated rings. The third-order valence-electron chi connectivity index (χ3n) is 4.70. The highest BCUT2D eigenvalue weighted by Crippen LogP contribution is 2.30. The fraction of sp³-hybridized carbons (Fsp3) is 0.476. The van der Waals surface area contributed by atoms with E-state index in [1.54, 1.807) is 4.90 Å². The predicted molar refractivity (Wildman–Crippen MR) is 108 cm³/mol. The SMILES string of the molecule is C=CCOC(=O)Nc1cc(OCCCC(=O)OC)c(F)cc1C(=O)N1CCC[C@H]1C. The van der Waals surface area contributed by atoms with Crippen molar-refractivity contribution in [2.45, 2.75) is 38.6 Å². The van der Waals surface area contributed by atoms with Crippen molar-refractivity contribution in [2.75, 3.05) is 32.2 Å². The van der Waals surface area contributed by atoms with Crippen molar-refractivity contribution in [1.82, 2.24) is 4.90 Å². The molecular weight excluding hydrogens is 395 g/mol. The molecule has 0 saturated carbocycles. The Morgan fingerprint density at radius 1 is 1.37 bits per heavy atom. The summed E-state index contributed by atoms with van der Waals surface area (Å²) in [6.45, 7) is 5.99. The third kappa shape index (κ3) is 6.20. The first kappa shape index (κ1) is 23.2. The smallest absolute Gasteiger partial charge is 0.411 e. The third-order valence-corrected chi connectivity index (χ3v) is 4.70. The Kier molecular flexibility index (Phi) is 8.64. The molecule has 0 aromatic heterocycles. The lowest BCUT2D eigenvalue weighted by molar-refractivity contribution is -0.140. The van der Waals surface area contributed by atoms with Gasteiger partial charge in [-0.2, -0.15) is 0 Å². The number of hydrogen-bond donors (Lipinski definition) is 1. The number of esters is 1. The van der Waals surface area contributed by atoms with E-state index in [1.807, 2.05) is 6.92 Å². The highest BCUT2D eigenvalue weighted by atomic mass is 19.1. The number of hydrogen-bond acceptors (Lipinski definition) is 6. The van der Waals surface area contributed by atoms with Gasteiger partial charge in [-0.3, -0.25) is 14.9 Å². The van der Waals surface area contributed by atoms with E-state index in [1.165, 1.54) is 19.3 Å². The Morgan fingerprint density at radius 2 is 2.13 bits per heavy atom. The standard InChI is InChI=1S/C21H27FN2O6/c1-4-10-30-21(27)23-17-13-18(29-11-6-8-19(25)28-3)16(22)12-15(17)20(26)24-9-5-7-14(24)2/h4,12-14H,1,5-11H2,2-3H3,(H,23,27)/t14-/m1/s1. The van der Waals surface area contributed by atoms with Gasteiger partial charge in [-0.1, -0.05) is 12.7 Å². The van der Waals surface area contributed by atoms with Crippen LogP contribution in [0.25, 0.3) is 0 Å². The molecule has 1 aliphatic heterocycles. The van der Waals surface area contributed by atoms with Gasteiger partial charge in [0.1, 0.15) is 6.61 Å². The van der Waals surface area contributed by atoms with E-state index in [0.29, 0.717) is 13.0 Å². The molecule has 2 amide bonds. The molecule has 0 aliphatic carbocycles. The predicted octanol–water partition coefficient (Wildman–Crippen LogP) is 3.52. The van der Waals surface area contributed by atoms with Crippen LogP contribution in [0.1, 0.15) is 43.0 Å². The number of benzene rings is 1. The van der Waals surface area contributed by atoms with Crippen LogP contribution >= 0.6 is 0 Å². The number of anilines is 1. The summed E-state index contributed by atoms with van der Waals surface area (Å²) in [5.74, 6) is -1.67. The molecule has 1 atom stereocenters. The number of halogens is 1. The summed E-state index contributed by atoms with van der Waals surface area (Å²) < 4.78 is 29.5. The Labute approximate surface area is 175 Å². The maximum absolute atomic E-state index is 14.6. The number of carbonyl (C=O) groups excluding carboxylic acids is 3. The number of rotatable bonds is 9. The Morgan fingerprint density at radius 3 is 2.77 bits per heavy atom. The zero-order valence-electron chi connectivity index (χ0n) is 17.2. The minimum absolute atomic E-state index is 0.0127. The molecule has 1 aromatic carbocycles. The van der Waals surface area contributed by atoms with Crippen molar-refractivity contribution in [3.05, 3.63) is 36.2 Å². The van der Waals surface area contributed by atoms with E-state index >= 15 is 0 Å². The Bertz CT molecular complexity index is 798. The first-order valence-corrected chi connectivity index (χ1v) is 9.76. The quantitative estimate of drug-likeness (QED) is 0.372. The van der Waals surface area contributed by atoms with Crippen molar-refractivity contribution < 1.29 is 33.0 Å². The Hall–Kier alpha value is -3.10. The maximum Gasteiger partial charge on any atom is 0.411 e. The molecule has 1 heterocycles. The van der Waals surface area contributed by atoms with E-state index in [9.17, 15) is 18.8 Å². The summed E-state index contributed by atoms with van der Waals surface area (Å²) in [7, 11) is 1.28. The van der Waals surface area contributed by atoms with E-state index < -0.39 is 17.9 Å². The second-order valence-electron chi connectivity index (χ2n) is 6.86. The van der Waals surface area contributed by atoms with Crippen molar-refractivity contribution in [3.8, 4) is 5.75 Å². The van der Waals surface area contributed by atoms with Crippen molar-refractivity contribution >= 4 is 23.7 Å². The van der Waals surface area contributed by atoms with Crippen LogP contribution in [-0.2, 0) is 14.3 Å². The molecule has 1 saturated heterocycles. The van der Waals surface area contributed by atoms with E-state index in [-0.39, 0.29) is 48.6 Å². The topological polar surface area (TPSA) is 94.2 Å². The minimum atomic E-state index is -0.804. The number of methoxy groups -OCH3 is 1. The number of nitrogens with zero attached hydrogens (tertiary/aromatic N) is 1. The number of ether oxygens (including phenoxy) is 3. The van der Waals surface area contributed by atoms with Crippen LogP contribution in [0.3, 0.4) is 0 Å². The molecule has 0 bridgehead atoms. The molecule has 0 unspecified atom stereocenters. The van der Waals surface area contributed by atoms with Crippen LogP contribution in [0.2, 0.25) is 0 Å². The van der Waals surface area contributed by atoms with Crippen LogP contribution in [0, 0.1) is 5.82 Å². The molecule has 0 spiro atoms. The summed E-state index contributed by atoms with van der Waals surface area (Å²) in [5, 5.41) is 2.47. The van der Waals surface area contributed by atoms with Gasteiger partial charge in [-0.25, -0.2) is 9.18 Å². The molecule has 1 aliphatic rings. The zero-order valence-corrected chi connectivity index (χ0v) is 17.2. The molecule has 164 valence electrons. The molecule has 9 heteroatoms. The van der Waals surface area contributed by atoms with Crippen LogP contribution in [0.15, 0.2) is 24.8 Å². The minimum Gasteiger partial charge on any atom is -0.490 e. The van der Waals surface area contributed by atoms with Crippen molar-refractivity contribution in [3.63, 3.8) is 0 Å². The lowest BCUT2D eigenvalue weighted by Gasteiger charge is -2.23. The lowest BCUT2D eigenvalue weighted by Crippen LogP contribution is -2.34. The highest BCUT2D eigenvalue weighted by Gasteiger charge is 2.29. The number of likely N-dealkylation sites (tertiary alicyclic amines) is 1. The second kappa shape index (κ2) is 11.2. The van der Waals surface area contributed by atoms with Gasteiger partial charge in [0.15, 0.2) is 11.6 Å². The summed E-state index contributed by atoms with van der Waals surface area (Å²) >= 11 is 0. The van der Waals surface area contributed by atoms with Crippen LogP contribution in [-0.4, -0.2) is 55.8 Å². The fourth-order valence-electron chi connectivity index (χ4n) is 3.12.